The first-order valence-corrected chi connectivity index (χ1v) is 4.79. The summed E-state index contributed by atoms with van der Waals surface area (Å²) in [4.78, 5) is 10.8. The summed E-state index contributed by atoms with van der Waals surface area (Å²) >= 11 is 0. The van der Waals surface area contributed by atoms with Gasteiger partial charge in [-0.15, -0.1) is 0 Å². The van der Waals surface area contributed by atoms with Crippen LogP contribution in [0.4, 0.5) is 4.39 Å². The Balaban J connectivity index is 3.01. The number of aliphatic hydroxyl groups excluding tert-OH is 1. The molecule has 0 saturated carbocycles. The highest BCUT2D eigenvalue weighted by atomic mass is 19.1. The molecule has 0 heterocycles. The van der Waals surface area contributed by atoms with E-state index >= 15 is 0 Å². The fraction of sp³-hybridized carbons (Fsp3) is 0.364. The third kappa shape index (κ3) is 2.93. The molecule has 0 saturated heterocycles. The number of halogens is 1. The largest absolute Gasteiger partial charge is 0.487 e. The van der Waals surface area contributed by atoms with E-state index in [-0.39, 0.29) is 11.3 Å². The SMILES string of the molecule is CC(O)C(C)Oc1cc(F)ccc1C(=O)O. The highest BCUT2D eigenvalue weighted by Crippen LogP contribution is 2.21. The van der Waals surface area contributed by atoms with Crippen molar-refractivity contribution in [2.45, 2.75) is 26.1 Å². The molecule has 1 rings (SSSR count). The van der Waals surface area contributed by atoms with Gasteiger partial charge in [0.15, 0.2) is 0 Å². The molecule has 0 bridgehead atoms. The van der Waals surface area contributed by atoms with Gasteiger partial charge >= 0.3 is 5.97 Å². The molecule has 1 aromatic rings. The third-order valence-corrected chi connectivity index (χ3v) is 2.17. The zero-order chi connectivity index (χ0) is 12.3. The van der Waals surface area contributed by atoms with Crippen molar-refractivity contribution in [1.82, 2.24) is 0 Å². The van der Waals surface area contributed by atoms with Gasteiger partial charge in [-0.3, -0.25) is 0 Å². The third-order valence-electron chi connectivity index (χ3n) is 2.17. The normalized spacial score (nSPS) is 14.2. The fourth-order valence-corrected chi connectivity index (χ4v) is 1.07. The molecule has 2 atom stereocenters. The van der Waals surface area contributed by atoms with Gasteiger partial charge in [-0.2, -0.15) is 0 Å². The van der Waals surface area contributed by atoms with Crippen molar-refractivity contribution < 1.29 is 24.1 Å². The first kappa shape index (κ1) is 12.4. The molecular weight excluding hydrogens is 215 g/mol. The quantitative estimate of drug-likeness (QED) is 0.822. The number of ether oxygens (including phenoxy) is 1. The number of carbonyl (C=O) groups is 1. The summed E-state index contributed by atoms with van der Waals surface area (Å²) in [6.07, 6.45) is -1.38. The summed E-state index contributed by atoms with van der Waals surface area (Å²) in [5.41, 5.74) is -0.131. The summed E-state index contributed by atoms with van der Waals surface area (Å²) in [5.74, 6) is -1.87. The number of carboxylic acid groups (broad SMARTS) is 1. The van der Waals surface area contributed by atoms with Crippen LogP contribution in [0, 0.1) is 5.82 Å². The van der Waals surface area contributed by atoms with Gasteiger partial charge in [-0.05, 0) is 26.0 Å². The molecule has 0 fully saturated rings. The second-order valence-corrected chi connectivity index (χ2v) is 3.51. The monoisotopic (exact) mass is 228 g/mol. The summed E-state index contributed by atoms with van der Waals surface area (Å²) in [5, 5.41) is 18.1. The van der Waals surface area contributed by atoms with Crippen molar-refractivity contribution in [1.29, 1.82) is 0 Å². The molecule has 88 valence electrons. The average molecular weight is 228 g/mol. The second-order valence-electron chi connectivity index (χ2n) is 3.51. The molecule has 4 nitrogen and oxygen atoms in total. The molecule has 0 aliphatic carbocycles. The van der Waals surface area contributed by atoms with Crippen LogP contribution in [0.1, 0.15) is 24.2 Å². The Bertz CT molecular complexity index is 390. The van der Waals surface area contributed by atoms with E-state index in [9.17, 15) is 14.3 Å². The summed E-state index contributed by atoms with van der Waals surface area (Å²) in [7, 11) is 0. The van der Waals surface area contributed by atoms with Gasteiger partial charge in [0, 0.05) is 6.07 Å². The zero-order valence-corrected chi connectivity index (χ0v) is 8.98. The summed E-state index contributed by atoms with van der Waals surface area (Å²) in [6, 6.07) is 3.16. The average Bonchev–Trinajstić information content (AvgIpc) is 2.16. The number of rotatable bonds is 4. The van der Waals surface area contributed by atoms with Crippen LogP contribution in [0.3, 0.4) is 0 Å². The van der Waals surface area contributed by atoms with Gasteiger partial charge < -0.3 is 14.9 Å². The van der Waals surface area contributed by atoms with Crippen molar-refractivity contribution in [3.63, 3.8) is 0 Å². The van der Waals surface area contributed by atoms with E-state index in [2.05, 4.69) is 0 Å². The van der Waals surface area contributed by atoms with E-state index in [1.165, 1.54) is 6.92 Å². The van der Waals surface area contributed by atoms with Gasteiger partial charge in [0.25, 0.3) is 0 Å². The van der Waals surface area contributed by atoms with Gasteiger partial charge in [0.2, 0.25) is 0 Å². The number of hydrogen-bond acceptors (Lipinski definition) is 3. The lowest BCUT2D eigenvalue weighted by Gasteiger charge is -2.18. The van der Waals surface area contributed by atoms with E-state index in [4.69, 9.17) is 9.84 Å². The van der Waals surface area contributed by atoms with Gasteiger partial charge in [0.05, 0.1) is 6.10 Å². The predicted molar refractivity (Wildman–Crippen MR) is 55.1 cm³/mol. The highest BCUT2D eigenvalue weighted by molar-refractivity contribution is 5.90. The Hall–Kier alpha value is -1.62. The van der Waals surface area contributed by atoms with Crippen LogP contribution in [-0.2, 0) is 0 Å². The van der Waals surface area contributed by atoms with Gasteiger partial charge in [0.1, 0.15) is 23.2 Å². The van der Waals surface area contributed by atoms with Gasteiger partial charge in [-0.1, -0.05) is 0 Å². The number of aromatic carboxylic acids is 1. The minimum Gasteiger partial charge on any atom is -0.487 e. The number of benzene rings is 1. The Morgan fingerprint density at radius 2 is 2.06 bits per heavy atom. The molecule has 2 unspecified atom stereocenters. The molecular formula is C11H13FO4. The molecule has 1 aromatic carbocycles. The van der Waals surface area contributed by atoms with Crippen LogP contribution < -0.4 is 4.74 Å². The van der Waals surface area contributed by atoms with Gasteiger partial charge in [-0.25, -0.2) is 9.18 Å². The van der Waals surface area contributed by atoms with Crippen molar-refractivity contribution in [3.8, 4) is 5.75 Å². The van der Waals surface area contributed by atoms with Crippen LogP contribution in [0.5, 0.6) is 5.75 Å². The lowest BCUT2D eigenvalue weighted by atomic mass is 10.2. The minimum atomic E-state index is -1.20. The van der Waals surface area contributed by atoms with Crippen LogP contribution >= 0.6 is 0 Å². The Morgan fingerprint density at radius 1 is 1.44 bits per heavy atom. The number of carboxylic acids is 1. The molecule has 0 aliphatic heterocycles. The maximum Gasteiger partial charge on any atom is 0.339 e. The lowest BCUT2D eigenvalue weighted by Crippen LogP contribution is -2.26. The van der Waals surface area contributed by atoms with E-state index in [0.29, 0.717) is 0 Å². The predicted octanol–water partition coefficient (Wildman–Crippen LogP) is 1.67. The lowest BCUT2D eigenvalue weighted by molar-refractivity contribution is 0.0558. The molecule has 0 radical (unpaired) electrons. The zero-order valence-electron chi connectivity index (χ0n) is 8.98. The Labute approximate surface area is 92.3 Å². The Kier molecular flexibility index (Phi) is 3.84. The summed E-state index contributed by atoms with van der Waals surface area (Å²) < 4.78 is 18.1. The maximum absolute atomic E-state index is 12.9. The Morgan fingerprint density at radius 3 is 2.56 bits per heavy atom. The van der Waals surface area contributed by atoms with Crippen molar-refractivity contribution in [3.05, 3.63) is 29.6 Å². The highest BCUT2D eigenvalue weighted by Gasteiger charge is 2.17. The van der Waals surface area contributed by atoms with Crippen LogP contribution in [0.2, 0.25) is 0 Å². The van der Waals surface area contributed by atoms with Crippen LogP contribution in [0.25, 0.3) is 0 Å². The molecule has 0 aromatic heterocycles. The first-order valence-electron chi connectivity index (χ1n) is 4.79. The fourth-order valence-electron chi connectivity index (χ4n) is 1.07. The number of hydrogen-bond donors (Lipinski definition) is 2. The molecule has 2 N–H and O–H groups in total. The van der Waals surface area contributed by atoms with Crippen LogP contribution in [0.15, 0.2) is 18.2 Å². The topological polar surface area (TPSA) is 66.8 Å². The van der Waals surface area contributed by atoms with E-state index in [1.807, 2.05) is 0 Å². The second kappa shape index (κ2) is 4.94. The van der Waals surface area contributed by atoms with Crippen molar-refractivity contribution in [2.75, 3.05) is 0 Å². The molecule has 16 heavy (non-hydrogen) atoms. The van der Waals surface area contributed by atoms with E-state index in [1.54, 1.807) is 6.92 Å². The molecule has 0 aliphatic rings. The number of aliphatic hydroxyl groups is 1. The maximum atomic E-state index is 12.9. The summed E-state index contributed by atoms with van der Waals surface area (Å²) in [6.45, 7) is 3.08. The smallest absolute Gasteiger partial charge is 0.339 e. The van der Waals surface area contributed by atoms with Crippen molar-refractivity contribution in [2.24, 2.45) is 0 Å². The van der Waals surface area contributed by atoms with E-state index < -0.39 is 24.0 Å². The molecule has 0 amide bonds. The standard InChI is InChI=1S/C11H13FO4/c1-6(13)7(2)16-10-5-8(12)3-4-9(10)11(14)15/h3-7,13H,1-2H3,(H,14,15). The van der Waals surface area contributed by atoms with Crippen molar-refractivity contribution >= 4 is 5.97 Å². The minimum absolute atomic E-state index is 0.0825. The van der Waals surface area contributed by atoms with E-state index in [0.717, 1.165) is 18.2 Å². The molecule has 0 spiro atoms. The first-order chi connectivity index (χ1) is 7.41. The molecule has 5 heteroatoms. The van der Waals surface area contributed by atoms with Crippen LogP contribution in [-0.4, -0.2) is 28.4 Å².